The van der Waals surface area contributed by atoms with E-state index in [0.717, 1.165) is 7.05 Å². The van der Waals surface area contributed by atoms with Gasteiger partial charge in [0.2, 0.25) is 0 Å². The Hall–Kier alpha value is -1.81. The molecule has 0 aromatic heterocycles. The van der Waals surface area contributed by atoms with Gasteiger partial charge in [-0.15, -0.1) is 4.91 Å². The zero-order valence-corrected chi connectivity index (χ0v) is 6.09. The molecule has 0 unspecified atom stereocenters. The molecular weight excluding hydrogens is 172 g/mol. The van der Waals surface area contributed by atoms with Gasteiger partial charge in [-0.3, -0.25) is 5.41 Å². The molecule has 70 valence electrons. The number of guanidine groups is 1. The number of nitroso groups, excluding NO2 is 1. The van der Waals surface area contributed by atoms with Crippen molar-refractivity contribution >= 4 is 5.96 Å². The van der Waals surface area contributed by atoms with Gasteiger partial charge in [-0.1, -0.05) is 5.43 Å². The van der Waals surface area contributed by atoms with Crippen LogP contribution < -0.4 is 11.3 Å². The molecule has 0 atom stereocenters. The van der Waals surface area contributed by atoms with Gasteiger partial charge in [0.15, 0.2) is 5.03 Å². The summed E-state index contributed by atoms with van der Waals surface area (Å²) in [7, 11) is 1.12. The van der Waals surface area contributed by atoms with E-state index < -0.39 is 11.0 Å². The number of nitrogens with one attached hydrogen (secondary N) is 2. The van der Waals surface area contributed by atoms with Gasteiger partial charge in [0.05, 0.1) is 5.29 Å². The number of nitro groups is 1. The van der Waals surface area contributed by atoms with Gasteiger partial charge in [-0.05, 0) is 0 Å². The van der Waals surface area contributed by atoms with Crippen molar-refractivity contribution in [1.82, 2.24) is 10.4 Å². The highest BCUT2D eigenvalue weighted by molar-refractivity contribution is 5.74. The van der Waals surface area contributed by atoms with Crippen LogP contribution in [0.25, 0.3) is 0 Å². The molecule has 0 aliphatic rings. The Morgan fingerprint density at radius 1 is 1.83 bits per heavy atom. The van der Waals surface area contributed by atoms with Crippen LogP contribution in [-0.2, 0) is 0 Å². The van der Waals surface area contributed by atoms with Gasteiger partial charge in [0, 0.05) is 7.05 Å². The summed E-state index contributed by atoms with van der Waals surface area (Å²) in [5.74, 6) is 2.82. The molecule has 0 aromatic carbocycles. The van der Waals surface area contributed by atoms with Crippen LogP contribution in [-0.4, -0.2) is 28.3 Å². The van der Waals surface area contributed by atoms with Crippen LogP contribution in [0.2, 0.25) is 0 Å². The van der Waals surface area contributed by atoms with Gasteiger partial charge in [-0.25, -0.2) is 16.0 Å². The Labute approximate surface area is 66.5 Å². The van der Waals surface area contributed by atoms with E-state index >= 15 is 0 Å². The first kappa shape index (κ1) is 12.8. The zero-order chi connectivity index (χ0) is 10.1. The van der Waals surface area contributed by atoms with Crippen molar-refractivity contribution in [2.24, 2.45) is 11.2 Å². The minimum absolute atomic E-state index is 0.489. The summed E-state index contributed by atoms with van der Waals surface area (Å²) in [6.07, 6.45) is 0. The van der Waals surface area contributed by atoms with Crippen LogP contribution in [0.3, 0.4) is 0 Å². The van der Waals surface area contributed by atoms with E-state index in [9.17, 15) is 15.0 Å². The summed E-state index contributed by atoms with van der Waals surface area (Å²) in [6, 6.07) is 0. The predicted octanol–water partition coefficient (Wildman–Crippen LogP) is -1.35. The topological polar surface area (TPSA) is 158 Å². The number of hydrogen-bond donors (Lipinski definition) is 4. The van der Waals surface area contributed by atoms with Gasteiger partial charge in [0.1, 0.15) is 0 Å². The highest BCUT2D eigenvalue weighted by Gasteiger charge is 2.07. The quantitative estimate of drug-likeness (QED) is 0.134. The third kappa shape index (κ3) is 6.31. The van der Waals surface area contributed by atoms with E-state index in [1.54, 1.807) is 0 Å². The lowest BCUT2D eigenvalue weighted by Gasteiger charge is -2.04. The largest absolute Gasteiger partial charge is 0.320 e. The van der Waals surface area contributed by atoms with Crippen LogP contribution >= 0.6 is 0 Å². The number of nitrogens with two attached hydrogens (primary N) is 1. The smallest absolute Gasteiger partial charge is 0.276 e. The Morgan fingerprint density at radius 2 is 2.25 bits per heavy atom. The lowest BCUT2D eigenvalue weighted by Crippen LogP contribution is -2.38. The molecule has 0 bridgehead atoms. The molecule has 5 N–H and O–H groups in total. The maximum atomic E-state index is 9.61. The van der Waals surface area contributed by atoms with Crippen molar-refractivity contribution in [3.63, 3.8) is 0 Å². The van der Waals surface area contributed by atoms with E-state index in [1.165, 1.54) is 5.43 Å². The van der Waals surface area contributed by atoms with Gasteiger partial charge in [0.25, 0.3) is 5.96 Å². The molecular formula is C2H8N6O4. The first-order chi connectivity index (χ1) is 5.57. The lowest BCUT2D eigenvalue weighted by atomic mass is 10.9. The summed E-state index contributed by atoms with van der Waals surface area (Å²) in [5.41, 5.74) is 1.43. The Morgan fingerprint density at radius 3 is 2.50 bits per heavy atom. The Bertz CT molecular complexity index is 169. The van der Waals surface area contributed by atoms with Crippen LogP contribution in [0.5, 0.6) is 0 Å². The second-order valence-electron chi connectivity index (χ2n) is 1.32. The second kappa shape index (κ2) is 7.30. The zero-order valence-electron chi connectivity index (χ0n) is 6.09. The molecule has 0 heterocycles. The molecule has 0 amide bonds. The molecule has 0 saturated carbocycles. The first-order valence-electron chi connectivity index (χ1n) is 2.40. The van der Waals surface area contributed by atoms with Crippen LogP contribution in [0.15, 0.2) is 5.29 Å². The van der Waals surface area contributed by atoms with E-state index in [-0.39, 0.29) is 0 Å². The van der Waals surface area contributed by atoms with Gasteiger partial charge in [-0.2, -0.15) is 5.01 Å². The fraction of sp³-hybridized carbons (Fsp3) is 0.500. The van der Waals surface area contributed by atoms with Crippen LogP contribution in [0, 0.1) is 20.4 Å². The number of hydrazine groups is 1. The standard InChI is InChI=1S/C2H5N5O3.H3NO/c1-6(5-8)2(3)4-7(9)10;1-2/h1H3,(H2,3,4);2H,1H2. The summed E-state index contributed by atoms with van der Waals surface area (Å²) < 4.78 is 0. The molecule has 0 spiro atoms. The summed E-state index contributed by atoms with van der Waals surface area (Å²) >= 11 is 0. The van der Waals surface area contributed by atoms with E-state index in [0.29, 0.717) is 5.01 Å². The average molecular weight is 180 g/mol. The fourth-order valence-electron chi connectivity index (χ4n) is 0.200. The highest BCUT2D eigenvalue weighted by Crippen LogP contribution is 1.79. The Kier molecular flexibility index (Phi) is 7.80. The van der Waals surface area contributed by atoms with Gasteiger partial charge < -0.3 is 5.21 Å². The molecule has 0 aliphatic carbocycles. The minimum Gasteiger partial charge on any atom is -0.320 e. The maximum absolute atomic E-state index is 9.61. The highest BCUT2D eigenvalue weighted by atomic mass is 16.7. The predicted molar refractivity (Wildman–Crippen MR) is 37.4 cm³/mol. The van der Waals surface area contributed by atoms with E-state index in [1.807, 2.05) is 0 Å². The normalized spacial score (nSPS) is 7.25. The average Bonchev–Trinajstić information content (AvgIpc) is 2.05. The molecule has 0 rings (SSSR count). The van der Waals surface area contributed by atoms with Crippen LogP contribution in [0.4, 0.5) is 0 Å². The maximum Gasteiger partial charge on any atom is 0.276 e. The minimum atomic E-state index is -0.954. The fourth-order valence-corrected chi connectivity index (χ4v) is 0.200. The molecule has 0 radical (unpaired) electrons. The van der Waals surface area contributed by atoms with Crippen molar-refractivity contribution in [3.05, 3.63) is 15.0 Å². The summed E-state index contributed by atoms with van der Waals surface area (Å²) in [6.45, 7) is 0. The summed E-state index contributed by atoms with van der Waals surface area (Å²) in [5, 5.41) is 24.6. The van der Waals surface area contributed by atoms with Gasteiger partial charge >= 0.3 is 0 Å². The SMILES string of the molecule is CN(N=O)C(=N)N[N+](=O)[O-].NO. The first-order valence-corrected chi connectivity index (χ1v) is 2.40. The van der Waals surface area contributed by atoms with E-state index in [2.05, 4.69) is 11.2 Å². The third-order valence-corrected chi connectivity index (χ3v) is 0.643. The monoisotopic (exact) mass is 180 g/mol. The molecule has 10 nitrogen and oxygen atoms in total. The van der Waals surface area contributed by atoms with Crippen LogP contribution in [0.1, 0.15) is 0 Å². The molecule has 0 aromatic rings. The molecule has 10 heteroatoms. The number of rotatable bonds is 2. The van der Waals surface area contributed by atoms with E-state index in [4.69, 9.17) is 10.6 Å². The van der Waals surface area contributed by atoms with Crippen molar-refractivity contribution in [2.45, 2.75) is 0 Å². The second-order valence-corrected chi connectivity index (χ2v) is 1.32. The molecule has 12 heavy (non-hydrogen) atoms. The molecule has 0 fully saturated rings. The van der Waals surface area contributed by atoms with Crippen molar-refractivity contribution in [1.29, 1.82) is 5.41 Å². The van der Waals surface area contributed by atoms with Crippen molar-refractivity contribution < 1.29 is 10.2 Å². The molecule has 0 saturated heterocycles. The number of nitrogens with zero attached hydrogens (tertiary/aromatic N) is 3. The molecule has 0 aliphatic heterocycles. The number of hydrogen-bond acceptors (Lipinski definition) is 7. The Balaban J connectivity index is 0. The lowest BCUT2D eigenvalue weighted by molar-refractivity contribution is -0.526. The van der Waals surface area contributed by atoms with Crippen molar-refractivity contribution in [2.75, 3.05) is 7.05 Å². The van der Waals surface area contributed by atoms with Crippen molar-refractivity contribution in [3.8, 4) is 0 Å². The third-order valence-electron chi connectivity index (χ3n) is 0.643. The summed E-state index contributed by atoms with van der Waals surface area (Å²) in [4.78, 5) is 19.2.